The van der Waals surface area contributed by atoms with Crippen molar-refractivity contribution in [1.29, 1.82) is 0 Å². The lowest BCUT2D eigenvalue weighted by molar-refractivity contribution is -0.117. The number of carbonyl (C=O) groups excluding carboxylic acids is 2. The number of rotatable bonds is 3. The first-order valence-corrected chi connectivity index (χ1v) is 9.40. The van der Waals surface area contributed by atoms with E-state index in [-0.39, 0.29) is 17.7 Å². The summed E-state index contributed by atoms with van der Waals surface area (Å²) in [6, 6.07) is 20.5. The van der Waals surface area contributed by atoms with Crippen molar-refractivity contribution in [2.24, 2.45) is 5.92 Å². The third-order valence-corrected chi connectivity index (χ3v) is 5.60. The summed E-state index contributed by atoms with van der Waals surface area (Å²) >= 11 is 0. The number of nitrogens with one attached hydrogen (secondary N) is 2. The van der Waals surface area contributed by atoms with Gasteiger partial charge in [0.15, 0.2) is 0 Å². The lowest BCUT2D eigenvalue weighted by Crippen LogP contribution is -2.20. The van der Waals surface area contributed by atoms with Gasteiger partial charge in [0.2, 0.25) is 11.8 Å². The van der Waals surface area contributed by atoms with Crippen LogP contribution >= 0.6 is 0 Å². The normalized spacial score (nSPS) is 20.7. The Labute approximate surface area is 157 Å². The number of hydrogen-bond donors (Lipinski definition) is 2. The van der Waals surface area contributed by atoms with E-state index in [9.17, 15) is 9.59 Å². The molecule has 0 radical (unpaired) electrons. The average Bonchev–Trinajstić information content (AvgIpc) is 3.49. The lowest BCUT2D eigenvalue weighted by atomic mass is 10.0. The van der Waals surface area contributed by atoms with E-state index in [1.807, 2.05) is 30.3 Å². The van der Waals surface area contributed by atoms with Gasteiger partial charge in [-0.3, -0.25) is 9.59 Å². The van der Waals surface area contributed by atoms with E-state index in [0.29, 0.717) is 18.8 Å². The summed E-state index contributed by atoms with van der Waals surface area (Å²) in [6.45, 7) is 0. The van der Waals surface area contributed by atoms with Crippen molar-refractivity contribution in [3.05, 3.63) is 71.8 Å². The number of fused-ring (bicyclic) bond motifs is 2. The van der Waals surface area contributed by atoms with Crippen LogP contribution in [0.4, 0.5) is 11.4 Å². The molecule has 0 aromatic heterocycles. The first-order chi connectivity index (χ1) is 13.2. The third kappa shape index (κ3) is 3.08. The smallest absolute Gasteiger partial charge is 0.228 e. The van der Waals surface area contributed by atoms with Gasteiger partial charge >= 0.3 is 0 Å². The van der Waals surface area contributed by atoms with E-state index in [4.69, 9.17) is 0 Å². The quantitative estimate of drug-likeness (QED) is 0.728. The minimum Gasteiger partial charge on any atom is -0.326 e. The van der Waals surface area contributed by atoms with Crippen LogP contribution in [-0.2, 0) is 16.0 Å². The summed E-state index contributed by atoms with van der Waals surface area (Å²) in [5.74, 6) is 0.455. The Kier molecular flexibility index (Phi) is 3.71. The number of hydrogen-bond acceptors (Lipinski definition) is 2. The predicted octanol–water partition coefficient (Wildman–Crippen LogP) is 4.47. The zero-order chi connectivity index (χ0) is 18.4. The van der Waals surface area contributed by atoms with Crippen molar-refractivity contribution < 1.29 is 9.59 Å². The number of aryl methyl sites for hydroxylation is 1. The van der Waals surface area contributed by atoms with Crippen LogP contribution in [0.25, 0.3) is 10.8 Å². The zero-order valence-corrected chi connectivity index (χ0v) is 14.9. The first kappa shape index (κ1) is 16.1. The Morgan fingerprint density at radius 3 is 2.70 bits per heavy atom. The van der Waals surface area contributed by atoms with Crippen LogP contribution in [0.15, 0.2) is 60.7 Å². The fourth-order valence-electron chi connectivity index (χ4n) is 3.99. The lowest BCUT2D eigenvalue weighted by Gasteiger charge is -2.17. The molecular weight excluding hydrogens is 336 g/mol. The molecule has 1 fully saturated rings. The monoisotopic (exact) mass is 356 g/mol. The topological polar surface area (TPSA) is 58.2 Å². The van der Waals surface area contributed by atoms with Crippen molar-refractivity contribution in [3.63, 3.8) is 0 Å². The number of benzene rings is 3. The van der Waals surface area contributed by atoms with Crippen molar-refractivity contribution in [2.45, 2.75) is 25.2 Å². The number of anilines is 2. The SMILES string of the molecule is O=C1CCc2cc(NC(=O)C3CC3c3ccc4ccccc4c3)ccc2N1. The molecule has 0 saturated heterocycles. The fourth-order valence-corrected chi connectivity index (χ4v) is 3.99. The molecule has 3 aromatic carbocycles. The molecule has 27 heavy (non-hydrogen) atoms. The molecule has 2 atom stereocenters. The zero-order valence-electron chi connectivity index (χ0n) is 14.9. The minimum absolute atomic E-state index is 0.0295. The van der Waals surface area contributed by atoms with E-state index in [2.05, 4.69) is 41.0 Å². The molecule has 0 bridgehead atoms. The van der Waals surface area contributed by atoms with Gasteiger partial charge in [-0.1, -0.05) is 42.5 Å². The van der Waals surface area contributed by atoms with Crippen LogP contribution in [0, 0.1) is 5.92 Å². The molecule has 3 aromatic rings. The molecular formula is C23H20N2O2. The largest absolute Gasteiger partial charge is 0.326 e. The minimum atomic E-state index is 0.0295. The second-order valence-corrected chi connectivity index (χ2v) is 7.46. The van der Waals surface area contributed by atoms with Crippen molar-refractivity contribution in [3.8, 4) is 0 Å². The molecule has 5 rings (SSSR count). The van der Waals surface area contributed by atoms with E-state index < -0.39 is 0 Å². The Bertz CT molecular complexity index is 1070. The Morgan fingerprint density at radius 1 is 0.963 bits per heavy atom. The van der Waals surface area contributed by atoms with Gasteiger partial charge in [-0.15, -0.1) is 0 Å². The summed E-state index contributed by atoms with van der Waals surface area (Å²) in [5.41, 5.74) is 3.97. The van der Waals surface area contributed by atoms with Crippen LogP contribution in [0.1, 0.15) is 29.9 Å². The second kappa shape index (κ2) is 6.23. The first-order valence-electron chi connectivity index (χ1n) is 9.40. The van der Waals surface area contributed by atoms with Crippen LogP contribution in [0.3, 0.4) is 0 Å². The van der Waals surface area contributed by atoms with E-state index in [1.165, 1.54) is 16.3 Å². The number of carbonyl (C=O) groups is 2. The molecule has 1 aliphatic heterocycles. The van der Waals surface area contributed by atoms with Gasteiger partial charge in [0.1, 0.15) is 0 Å². The summed E-state index contributed by atoms with van der Waals surface area (Å²) in [6.07, 6.45) is 2.11. The highest BCUT2D eigenvalue weighted by Crippen LogP contribution is 2.48. The molecule has 0 spiro atoms. The highest BCUT2D eigenvalue weighted by atomic mass is 16.2. The van der Waals surface area contributed by atoms with Gasteiger partial charge in [0.25, 0.3) is 0 Å². The molecule has 1 aliphatic carbocycles. The standard InChI is InChI=1S/C23H20N2O2/c26-22-10-7-17-12-18(8-9-21(17)25-22)24-23(27)20-13-19(20)16-6-5-14-3-1-2-4-15(14)11-16/h1-6,8-9,11-12,19-20H,7,10,13H2,(H,24,27)(H,25,26). The molecule has 2 amide bonds. The molecule has 1 heterocycles. The second-order valence-electron chi connectivity index (χ2n) is 7.46. The predicted molar refractivity (Wildman–Crippen MR) is 107 cm³/mol. The van der Waals surface area contributed by atoms with E-state index >= 15 is 0 Å². The third-order valence-electron chi connectivity index (χ3n) is 5.60. The van der Waals surface area contributed by atoms with E-state index in [1.54, 1.807) is 0 Å². The van der Waals surface area contributed by atoms with Crippen LogP contribution in [0.5, 0.6) is 0 Å². The van der Waals surface area contributed by atoms with Crippen molar-refractivity contribution in [1.82, 2.24) is 0 Å². The Hall–Kier alpha value is -3.14. The van der Waals surface area contributed by atoms with Gasteiger partial charge in [0.05, 0.1) is 0 Å². The van der Waals surface area contributed by atoms with Gasteiger partial charge in [0, 0.05) is 23.7 Å². The summed E-state index contributed by atoms with van der Waals surface area (Å²) in [7, 11) is 0. The molecule has 2 aliphatic rings. The van der Waals surface area contributed by atoms with Gasteiger partial charge in [-0.2, -0.15) is 0 Å². The molecule has 4 heteroatoms. The van der Waals surface area contributed by atoms with Crippen LogP contribution in [0.2, 0.25) is 0 Å². The van der Waals surface area contributed by atoms with Crippen molar-refractivity contribution >= 4 is 34.0 Å². The maximum absolute atomic E-state index is 12.7. The van der Waals surface area contributed by atoms with E-state index in [0.717, 1.165) is 23.4 Å². The molecule has 134 valence electrons. The highest BCUT2D eigenvalue weighted by molar-refractivity contribution is 5.97. The Morgan fingerprint density at radius 2 is 1.81 bits per heavy atom. The van der Waals surface area contributed by atoms with Crippen molar-refractivity contribution in [2.75, 3.05) is 10.6 Å². The molecule has 1 saturated carbocycles. The Balaban J connectivity index is 1.29. The van der Waals surface area contributed by atoms with Gasteiger partial charge in [-0.25, -0.2) is 0 Å². The van der Waals surface area contributed by atoms with Gasteiger partial charge < -0.3 is 10.6 Å². The number of amides is 2. The summed E-state index contributed by atoms with van der Waals surface area (Å²) in [4.78, 5) is 24.1. The average molecular weight is 356 g/mol. The maximum Gasteiger partial charge on any atom is 0.228 e. The molecule has 2 unspecified atom stereocenters. The van der Waals surface area contributed by atoms with Crippen LogP contribution in [-0.4, -0.2) is 11.8 Å². The summed E-state index contributed by atoms with van der Waals surface area (Å²) in [5, 5.41) is 8.36. The molecule has 4 nitrogen and oxygen atoms in total. The van der Waals surface area contributed by atoms with Gasteiger partial charge in [-0.05, 0) is 58.9 Å². The maximum atomic E-state index is 12.7. The fraction of sp³-hybridized carbons (Fsp3) is 0.217. The highest BCUT2D eigenvalue weighted by Gasteiger charge is 2.44. The molecule has 2 N–H and O–H groups in total. The van der Waals surface area contributed by atoms with Crippen LogP contribution < -0.4 is 10.6 Å². The summed E-state index contributed by atoms with van der Waals surface area (Å²) < 4.78 is 0.